The van der Waals surface area contributed by atoms with Gasteiger partial charge >= 0.3 is 0 Å². The van der Waals surface area contributed by atoms with Gasteiger partial charge in [0.05, 0.1) is 18.3 Å². The van der Waals surface area contributed by atoms with Crippen LogP contribution in [-0.4, -0.2) is 21.8 Å². The fourth-order valence-electron chi connectivity index (χ4n) is 2.73. The van der Waals surface area contributed by atoms with Gasteiger partial charge in [-0.3, -0.25) is 14.6 Å². The van der Waals surface area contributed by atoms with E-state index in [-0.39, 0.29) is 23.9 Å². The number of amides is 2. The van der Waals surface area contributed by atoms with Crippen LogP contribution in [0.2, 0.25) is 0 Å². The van der Waals surface area contributed by atoms with E-state index in [0.29, 0.717) is 17.0 Å². The Morgan fingerprint density at radius 3 is 2.69 bits per heavy atom. The third kappa shape index (κ3) is 5.25. The van der Waals surface area contributed by atoms with Crippen LogP contribution in [-0.2, 0) is 11.2 Å². The summed E-state index contributed by atoms with van der Waals surface area (Å²) in [5.74, 6) is -0.589. The largest absolute Gasteiger partial charge is 0.443 e. The van der Waals surface area contributed by atoms with Crippen molar-refractivity contribution in [1.29, 1.82) is 0 Å². The smallest absolute Gasteiger partial charge is 0.277 e. The maximum Gasteiger partial charge on any atom is 0.277 e. The van der Waals surface area contributed by atoms with E-state index in [4.69, 9.17) is 4.42 Å². The fourth-order valence-corrected chi connectivity index (χ4v) is 2.73. The van der Waals surface area contributed by atoms with Crippen molar-refractivity contribution in [3.8, 4) is 0 Å². The summed E-state index contributed by atoms with van der Waals surface area (Å²) in [5, 5.41) is 5.45. The lowest BCUT2D eigenvalue weighted by Gasteiger charge is -2.10. The minimum absolute atomic E-state index is 0.0234. The van der Waals surface area contributed by atoms with Gasteiger partial charge in [-0.15, -0.1) is 0 Å². The highest BCUT2D eigenvalue weighted by Gasteiger charge is 2.22. The molecule has 3 aromatic rings. The van der Waals surface area contributed by atoms with Gasteiger partial charge in [0.1, 0.15) is 17.6 Å². The predicted molar refractivity (Wildman–Crippen MR) is 105 cm³/mol. The molecule has 1 aromatic carbocycles. The molecule has 29 heavy (non-hydrogen) atoms. The van der Waals surface area contributed by atoms with Gasteiger partial charge in [0.2, 0.25) is 11.8 Å². The Labute approximate surface area is 167 Å². The number of carbonyl (C=O) groups is 2. The van der Waals surface area contributed by atoms with Crippen molar-refractivity contribution < 1.29 is 18.4 Å². The Morgan fingerprint density at radius 1 is 1.21 bits per heavy atom. The predicted octanol–water partition coefficient (Wildman–Crippen LogP) is 3.50. The van der Waals surface area contributed by atoms with E-state index in [9.17, 15) is 14.0 Å². The lowest BCUT2D eigenvalue weighted by molar-refractivity contribution is -0.121. The molecule has 0 aliphatic carbocycles. The molecule has 2 heterocycles. The van der Waals surface area contributed by atoms with Crippen molar-refractivity contribution in [2.24, 2.45) is 0 Å². The Balaban J connectivity index is 1.64. The van der Waals surface area contributed by atoms with E-state index in [2.05, 4.69) is 20.6 Å². The number of oxazole rings is 1. The molecule has 2 N–H and O–H groups in total. The zero-order valence-corrected chi connectivity index (χ0v) is 16.3. The van der Waals surface area contributed by atoms with Gasteiger partial charge in [-0.2, -0.15) is 0 Å². The minimum atomic E-state index is -0.558. The summed E-state index contributed by atoms with van der Waals surface area (Å²) in [6.45, 7) is 5.17. The van der Waals surface area contributed by atoms with Crippen LogP contribution >= 0.6 is 0 Å². The number of anilines is 1. The second-order valence-electron chi connectivity index (χ2n) is 6.70. The minimum Gasteiger partial charge on any atom is -0.443 e. The molecule has 7 nitrogen and oxygen atoms in total. The molecule has 2 amide bonds. The second kappa shape index (κ2) is 8.64. The first kappa shape index (κ1) is 20.2. The van der Waals surface area contributed by atoms with E-state index in [1.54, 1.807) is 44.3 Å². The number of aromatic nitrogens is 2. The Bertz CT molecular complexity index is 1030. The lowest BCUT2D eigenvalue weighted by atomic mass is 10.1. The number of rotatable bonds is 6. The number of pyridine rings is 1. The molecule has 150 valence electrons. The summed E-state index contributed by atoms with van der Waals surface area (Å²) in [4.78, 5) is 33.0. The summed E-state index contributed by atoms with van der Waals surface area (Å²) >= 11 is 0. The Hall–Kier alpha value is -3.55. The molecule has 3 rings (SSSR count). The van der Waals surface area contributed by atoms with Crippen molar-refractivity contribution in [2.75, 3.05) is 5.32 Å². The molecule has 0 aliphatic heterocycles. The first-order chi connectivity index (χ1) is 13.8. The second-order valence-corrected chi connectivity index (χ2v) is 6.70. The molecule has 0 radical (unpaired) electrons. The SMILES string of the molecule is Cc1ccc(NC(=O)c2nc([C@@H](C)NC(=O)Cc3cccc(F)c3)oc2C)cn1. The van der Waals surface area contributed by atoms with Crippen molar-refractivity contribution in [1.82, 2.24) is 15.3 Å². The first-order valence-corrected chi connectivity index (χ1v) is 9.07. The van der Waals surface area contributed by atoms with E-state index >= 15 is 0 Å². The number of carbonyl (C=O) groups excluding carboxylic acids is 2. The standard InChI is InChI=1S/C21H21FN4O3/c1-12-7-8-17(11-23-12)25-20(28)19-14(3)29-21(26-19)13(2)24-18(27)10-15-5-4-6-16(22)9-15/h4-9,11,13H,10H2,1-3H3,(H,24,27)(H,25,28)/t13-/m1/s1. The maximum absolute atomic E-state index is 13.2. The van der Waals surface area contributed by atoms with Gasteiger partial charge in [-0.25, -0.2) is 9.37 Å². The number of nitrogens with zero attached hydrogens (tertiary/aromatic N) is 2. The summed E-state index contributed by atoms with van der Waals surface area (Å²) in [5.41, 5.74) is 2.07. The average molecular weight is 396 g/mol. The molecule has 2 aromatic heterocycles. The average Bonchev–Trinajstić information content (AvgIpc) is 3.05. The van der Waals surface area contributed by atoms with E-state index < -0.39 is 17.8 Å². The van der Waals surface area contributed by atoms with Crippen molar-refractivity contribution in [2.45, 2.75) is 33.2 Å². The van der Waals surface area contributed by atoms with Crippen LogP contribution in [0.5, 0.6) is 0 Å². The Morgan fingerprint density at radius 2 is 2.00 bits per heavy atom. The third-order valence-electron chi connectivity index (χ3n) is 4.20. The number of hydrogen-bond acceptors (Lipinski definition) is 5. The molecule has 0 saturated carbocycles. The summed E-state index contributed by atoms with van der Waals surface area (Å²) in [7, 11) is 0. The number of benzene rings is 1. The van der Waals surface area contributed by atoms with Crippen LogP contribution in [0.4, 0.5) is 10.1 Å². The highest BCUT2D eigenvalue weighted by atomic mass is 19.1. The molecule has 0 spiro atoms. The molecular weight excluding hydrogens is 375 g/mol. The molecule has 0 bridgehead atoms. The fraction of sp³-hybridized carbons (Fsp3) is 0.238. The number of nitrogens with one attached hydrogen (secondary N) is 2. The molecule has 8 heteroatoms. The summed E-state index contributed by atoms with van der Waals surface area (Å²) in [6, 6.07) is 8.81. The van der Waals surface area contributed by atoms with Gasteiger partial charge in [0.25, 0.3) is 5.91 Å². The molecule has 1 atom stereocenters. The normalized spacial score (nSPS) is 11.7. The van der Waals surface area contributed by atoms with Crippen molar-refractivity contribution in [3.63, 3.8) is 0 Å². The lowest BCUT2D eigenvalue weighted by Crippen LogP contribution is -2.28. The molecule has 0 aliphatic rings. The molecule has 0 unspecified atom stereocenters. The van der Waals surface area contributed by atoms with Crippen LogP contribution in [0.25, 0.3) is 0 Å². The van der Waals surface area contributed by atoms with Crippen LogP contribution < -0.4 is 10.6 Å². The van der Waals surface area contributed by atoms with Crippen molar-refractivity contribution in [3.05, 3.63) is 77.0 Å². The monoisotopic (exact) mass is 396 g/mol. The third-order valence-corrected chi connectivity index (χ3v) is 4.20. The maximum atomic E-state index is 13.2. The molecular formula is C21H21FN4O3. The van der Waals surface area contributed by atoms with Gasteiger partial charge in [-0.1, -0.05) is 12.1 Å². The van der Waals surface area contributed by atoms with E-state index in [0.717, 1.165) is 5.69 Å². The van der Waals surface area contributed by atoms with Crippen LogP contribution in [0.15, 0.2) is 47.0 Å². The van der Waals surface area contributed by atoms with Crippen LogP contribution in [0.1, 0.15) is 46.4 Å². The molecule has 0 fully saturated rings. The topological polar surface area (TPSA) is 97.1 Å². The van der Waals surface area contributed by atoms with Gasteiger partial charge in [0, 0.05) is 5.69 Å². The van der Waals surface area contributed by atoms with Crippen LogP contribution in [0, 0.1) is 19.7 Å². The number of halogens is 1. The van der Waals surface area contributed by atoms with E-state index in [1.807, 2.05) is 6.92 Å². The highest BCUT2D eigenvalue weighted by Crippen LogP contribution is 2.18. The van der Waals surface area contributed by atoms with Gasteiger partial charge in [-0.05, 0) is 50.6 Å². The quantitative estimate of drug-likeness (QED) is 0.665. The zero-order valence-electron chi connectivity index (χ0n) is 16.3. The number of aryl methyl sites for hydroxylation is 2. The van der Waals surface area contributed by atoms with E-state index in [1.165, 1.54) is 12.1 Å². The van der Waals surface area contributed by atoms with Gasteiger partial charge < -0.3 is 15.1 Å². The Kier molecular flexibility index (Phi) is 6.01. The number of hydrogen-bond donors (Lipinski definition) is 2. The van der Waals surface area contributed by atoms with Crippen molar-refractivity contribution >= 4 is 17.5 Å². The first-order valence-electron chi connectivity index (χ1n) is 9.07. The highest BCUT2D eigenvalue weighted by molar-refractivity contribution is 6.03. The summed E-state index contributed by atoms with van der Waals surface area (Å²) in [6.07, 6.45) is 1.58. The zero-order chi connectivity index (χ0) is 21.0. The molecule has 0 saturated heterocycles. The summed E-state index contributed by atoms with van der Waals surface area (Å²) < 4.78 is 18.8. The van der Waals surface area contributed by atoms with Crippen LogP contribution in [0.3, 0.4) is 0 Å². The van der Waals surface area contributed by atoms with Gasteiger partial charge in [0.15, 0.2) is 5.69 Å².